The summed E-state index contributed by atoms with van der Waals surface area (Å²) in [6.07, 6.45) is 8.63. The molecular weight excluding hydrogens is 1270 g/mol. The van der Waals surface area contributed by atoms with E-state index in [1.807, 2.05) is 90.8 Å². The summed E-state index contributed by atoms with van der Waals surface area (Å²) in [4.78, 5) is 63.0. The molecular formula is C65H78Cl2N11O11P3. The zero-order chi connectivity index (χ0) is 66.9. The largest absolute Gasteiger partial charge is 0.472 e. The van der Waals surface area contributed by atoms with Gasteiger partial charge < -0.3 is 52.3 Å². The number of benzene rings is 4. The number of aromatic amines is 2. The average Bonchev–Trinajstić information content (AvgIpc) is 0.903. The summed E-state index contributed by atoms with van der Waals surface area (Å²) in [5.74, 6) is 8.40. The molecule has 22 nitrogen and oxygen atoms in total. The summed E-state index contributed by atoms with van der Waals surface area (Å²) < 4.78 is 52.3. The maximum Gasteiger partial charge on any atom is 0.382 e. The van der Waals surface area contributed by atoms with Gasteiger partial charge in [0.15, 0.2) is 0 Å². The number of rotatable bonds is 18. The number of halogens is 2. The number of urea groups is 2. The summed E-state index contributed by atoms with van der Waals surface area (Å²) >= 11 is 12.3. The third kappa shape index (κ3) is 25.8. The first-order chi connectivity index (χ1) is 44.1. The number of anilines is 2. The van der Waals surface area contributed by atoms with Gasteiger partial charge in [-0.2, -0.15) is 0 Å². The Morgan fingerprint density at radius 1 is 0.554 bits per heavy atom. The number of nitrogens with zero attached hydrogens (tertiary/aromatic N) is 3. The highest BCUT2D eigenvalue weighted by molar-refractivity contribution is 7.80. The first-order valence-electron chi connectivity index (χ1n) is 29.6. The molecule has 8 aromatic rings. The standard InChI is InChI=1S/C25H20ClN5O2.C16H16ClN5O.C9H21O6P3.C9H6O2.C6H15N/c26-21-16-28-24-23(21)19(11-12-27-24)15-30-25(33)29-14-18-7-4-8-20(13-18)31-22(32)10-9-17-5-2-1-3-6-17;17-13-9-20-15-14(13)11(4-5-19-15)8-22-16(23)21-7-10-2-1-3-12(18)6-10;1-4-7-16(10)13-17(11,8-5-2)15-18(12,14-16)9-6-3;10-9(11)7-6-8-4-2-1-3-5-8;1-4-7(5-2)6-3/h1-8,11-13,16H,14-15H2,(H,27,28)(H,31,32)(H2,29,30,33);1-6,9H,7-8,18H2,(H,19,20)(H2,21,22,23);4-9H2,1-3H3;1-5H,(H,10,11);4-6H2,1-3H3. The van der Waals surface area contributed by atoms with E-state index in [-0.39, 0.29) is 30.5 Å². The van der Waals surface area contributed by atoms with Gasteiger partial charge in [-0.05, 0) is 122 Å². The van der Waals surface area contributed by atoms with E-state index in [0.717, 1.165) is 44.2 Å². The number of carboxylic acids is 1. The van der Waals surface area contributed by atoms with Crippen LogP contribution >= 0.6 is 46.0 Å². The van der Waals surface area contributed by atoms with Crippen molar-refractivity contribution >= 4 is 103 Å². The number of nitrogen functional groups attached to an aromatic ring is 1. The van der Waals surface area contributed by atoms with Gasteiger partial charge in [-0.1, -0.05) is 137 Å². The topological polar surface area (TPSA) is 314 Å². The maximum atomic E-state index is 12.3. The molecule has 1 aliphatic heterocycles. The Morgan fingerprint density at radius 3 is 1.37 bits per heavy atom. The molecule has 0 radical (unpaired) electrons. The van der Waals surface area contributed by atoms with Gasteiger partial charge in [0.05, 0.1) is 28.5 Å². The summed E-state index contributed by atoms with van der Waals surface area (Å²) in [6.45, 7) is 16.9. The molecule has 488 valence electrons. The lowest BCUT2D eigenvalue weighted by Crippen LogP contribution is -2.34. The van der Waals surface area contributed by atoms with Crippen molar-refractivity contribution in [2.24, 2.45) is 0 Å². The molecule has 4 aromatic heterocycles. The number of carbonyl (C=O) groups excluding carboxylic acids is 3. The second-order valence-electron chi connectivity index (χ2n) is 20.0. The highest BCUT2D eigenvalue weighted by Crippen LogP contribution is 2.82. The lowest BCUT2D eigenvalue weighted by molar-refractivity contribution is -0.130. The van der Waals surface area contributed by atoms with Crippen molar-refractivity contribution in [3.05, 3.63) is 190 Å². The normalized spacial score (nSPS) is 16.1. The fourth-order valence-electron chi connectivity index (χ4n) is 8.57. The number of fused-ring (bicyclic) bond motifs is 2. The van der Waals surface area contributed by atoms with E-state index < -0.39 is 34.7 Å². The smallest absolute Gasteiger partial charge is 0.382 e. The molecule has 0 bridgehead atoms. The summed E-state index contributed by atoms with van der Waals surface area (Å²) in [5.41, 5.74) is 13.4. The van der Waals surface area contributed by atoms with Crippen LogP contribution in [0.15, 0.2) is 146 Å². The van der Waals surface area contributed by atoms with Gasteiger partial charge in [-0.3, -0.25) is 18.5 Å². The number of aromatic nitrogens is 4. The Hall–Kier alpha value is -8.23. The molecule has 5 heterocycles. The molecule has 1 aliphatic rings. The number of carboxylic acid groups (broad SMARTS) is 1. The Bertz CT molecular complexity index is 3900. The van der Waals surface area contributed by atoms with Crippen LogP contribution in [0, 0.1) is 23.7 Å². The third-order valence-corrected chi connectivity index (χ3v) is 22.5. The van der Waals surface area contributed by atoms with Gasteiger partial charge in [0.2, 0.25) is 0 Å². The minimum atomic E-state index is -3.57. The van der Waals surface area contributed by atoms with Crippen LogP contribution in [-0.2, 0) is 62.4 Å². The van der Waals surface area contributed by atoms with Crippen LogP contribution < -0.4 is 32.3 Å². The van der Waals surface area contributed by atoms with Crippen LogP contribution in [0.3, 0.4) is 0 Å². The second-order valence-corrected chi connectivity index (χ2v) is 27.8. The molecule has 1 saturated heterocycles. The summed E-state index contributed by atoms with van der Waals surface area (Å²) in [6, 6.07) is 35.9. The van der Waals surface area contributed by atoms with E-state index in [9.17, 15) is 32.9 Å². The van der Waals surface area contributed by atoms with E-state index in [0.29, 0.717) is 78.2 Å². The number of pyridine rings is 2. The average molecular weight is 1350 g/mol. The van der Waals surface area contributed by atoms with Crippen LogP contribution in [-0.4, -0.2) is 92.0 Å². The second kappa shape index (κ2) is 38.6. The number of hydrogen-bond acceptors (Lipinski definition) is 14. The molecule has 1 fully saturated rings. The first kappa shape index (κ1) is 74.5. The summed E-state index contributed by atoms with van der Waals surface area (Å²) in [7, 11) is -10.7. The molecule has 27 heteroatoms. The molecule has 0 saturated carbocycles. The molecule has 0 unspecified atom stereocenters. The zero-order valence-electron chi connectivity index (χ0n) is 52.1. The monoisotopic (exact) mass is 1350 g/mol. The molecule has 0 atom stereocenters. The molecule has 9 rings (SSSR count). The van der Waals surface area contributed by atoms with Crippen molar-refractivity contribution in [1.82, 2.24) is 46.1 Å². The van der Waals surface area contributed by atoms with Crippen LogP contribution in [0.1, 0.15) is 94.2 Å². The van der Waals surface area contributed by atoms with Crippen molar-refractivity contribution in [2.45, 2.75) is 87.0 Å². The Morgan fingerprint density at radius 2 is 0.967 bits per heavy atom. The first-order valence-corrected chi connectivity index (χ1v) is 35.6. The molecule has 4 aromatic carbocycles. The van der Waals surface area contributed by atoms with Crippen molar-refractivity contribution in [3.8, 4) is 23.7 Å². The van der Waals surface area contributed by atoms with Crippen LogP contribution in [0.4, 0.5) is 21.0 Å². The van der Waals surface area contributed by atoms with Crippen molar-refractivity contribution in [2.75, 3.05) is 49.2 Å². The van der Waals surface area contributed by atoms with Gasteiger partial charge in [-0.15, -0.1) is 0 Å². The highest BCUT2D eigenvalue weighted by atomic mass is 35.5. The van der Waals surface area contributed by atoms with E-state index in [1.54, 1.807) is 82.0 Å². The Kier molecular flexibility index (Phi) is 31.2. The Balaban J connectivity index is 0.000000228. The van der Waals surface area contributed by atoms with Crippen LogP contribution in [0.25, 0.3) is 22.1 Å². The fourth-order valence-corrected chi connectivity index (χ4v) is 18.4. The number of aliphatic carboxylic acids is 1. The van der Waals surface area contributed by atoms with Crippen molar-refractivity contribution in [3.63, 3.8) is 0 Å². The predicted octanol–water partition coefficient (Wildman–Crippen LogP) is 14.3. The summed E-state index contributed by atoms with van der Waals surface area (Å²) in [5, 5.41) is 24.9. The number of hydrogen-bond donors (Lipinski definition) is 9. The van der Waals surface area contributed by atoms with E-state index in [4.69, 9.17) is 47.0 Å². The number of H-pyrrole nitrogens is 2. The molecule has 10 N–H and O–H groups in total. The van der Waals surface area contributed by atoms with E-state index >= 15 is 0 Å². The fraction of sp³-hybridized carbons (Fsp3) is 0.292. The van der Waals surface area contributed by atoms with Gasteiger partial charge in [0, 0.05) is 96.1 Å². The number of nitrogens with one attached hydrogen (secondary N) is 7. The van der Waals surface area contributed by atoms with Gasteiger partial charge in [-0.25, -0.2) is 37.3 Å². The molecule has 92 heavy (non-hydrogen) atoms. The molecule has 0 aliphatic carbocycles. The van der Waals surface area contributed by atoms with Gasteiger partial charge >= 0.3 is 46.7 Å². The lowest BCUT2D eigenvalue weighted by Gasteiger charge is -2.33. The van der Waals surface area contributed by atoms with Crippen LogP contribution in [0.2, 0.25) is 10.0 Å². The minimum Gasteiger partial charge on any atom is -0.472 e. The maximum absolute atomic E-state index is 12.3. The van der Waals surface area contributed by atoms with E-state index in [1.165, 1.54) is 19.6 Å². The SMILES string of the molecule is CCCP1(=O)OP(=O)(CCC)OP(=O)(CCC)O1.CCN(CC)CC.Nc1cccc(CNC(=O)NCc2ccnc3[nH]cc(Cl)c23)c1.O=C(C#Cc1ccccc1)Nc1cccc(CNC(=O)NCc2ccnc3[nH]cc(Cl)c23)c1.O=C(O)C#Cc1ccccc1. The highest BCUT2D eigenvalue weighted by Gasteiger charge is 2.51. The number of nitrogens with two attached hydrogens (primary N) is 1. The lowest BCUT2D eigenvalue weighted by atomic mass is 10.2. The molecule has 0 spiro atoms. The van der Waals surface area contributed by atoms with Crippen molar-refractivity contribution < 1.29 is 50.9 Å². The Labute approximate surface area is 546 Å². The molecule has 5 amide bonds. The van der Waals surface area contributed by atoms with Gasteiger partial charge in [0.1, 0.15) is 11.3 Å². The van der Waals surface area contributed by atoms with Gasteiger partial charge in [0.25, 0.3) is 0 Å². The minimum absolute atomic E-state index is 0.109. The third-order valence-electron chi connectivity index (χ3n) is 12.9. The zero-order valence-corrected chi connectivity index (χ0v) is 56.3. The van der Waals surface area contributed by atoms with E-state index in [2.05, 4.69) is 90.0 Å². The number of carbonyl (C=O) groups is 4. The van der Waals surface area contributed by atoms with Crippen LogP contribution in [0.5, 0.6) is 0 Å². The quantitative estimate of drug-likeness (QED) is 0.0219. The number of amides is 5. The van der Waals surface area contributed by atoms with Crippen molar-refractivity contribution in [1.29, 1.82) is 0 Å². The predicted molar refractivity (Wildman–Crippen MR) is 366 cm³/mol.